The maximum atomic E-state index is 12.8. The summed E-state index contributed by atoms with van der Waals surface area (Å²) in [5.74, 6) is -0.810. The van der Waals surface area contributed by atoms with Gasteiger partial charge < -0.3 is 5.32 Å². The zero-order valence-corrected chi connectivity index (χ0v) is 14.1. The molecule has 5 nitrogen and oxygen atoms in total. The SMILES string of the molecule is O=C(N[C@H]1CCC=C[C@H]1N1C(=O)c2ccccc2C1=O)c1ccccc1. The maximum Gasteiger partial charge on any atom is 0.262 e. The fourth-order valence-electron chi connectivity index (χ4n) is 3.56. The molecule has 5 heteroatoms. The smallest absolute Gasteiger partial charge is 0.262 e. The Balaban J connectivity index is 1.60. The minimum absolute atomic E-state index is 0.201. The highest BCUT2D eigenvalue weighted by Crippen LogP contribution is 2.28. The van der Waals surface area contributed by atoms with Crippen LogP contribution < -0.4 is 5.32 Å². The Labute approximate surface area is 151 Å². The van der Waals surface area contributed by atoms with Crippen molar-refractivity contribution >= 4 is 17.7 Å². The van der Waals surface area contributed by atoms with Gasteiger partial charge in [0.25, 0.3) is 17.7 Å². The van der Waals surface area contributed by atoms with Gasteiger partial charge in [-0.05, 0) is 37.1 Å². The van der Waals surface area contributed by atoms with Gasteiger partial charge in [0.2, 0.25) is 0 Å². The molecule has 2 aliphatic rings. The van der Waals surface area contributed by atoms with Gasteiger partial charge in [0.05, 0.1) is 23.2 Å². The molecule has 2 atom stereocenters. The highest BCUT2D eigenvalue weighted by atomic mass is 16.2. The molecule has 1 aliphatic heterocycles. The molecule has 130 valence electrons. The largest absolute Gasteiger partial charge is 0.347 e. The Morgan fingerprint density at radius 1 is 0.923 bits per heavy atom. The van der Waals surface area contributed by atoms with Crippen molar-refractivity contribution in [1.29, 1.82) is 0 Å². The predicted molar refractivity (Wildman–Crippen MR) is 96.8 cm³/mol. The highest BCUT2D eigenvalue weighted by Gasteiger charge is 2.42. The molecule has 1 heterocycles. The van der Waals surface area contributed by atoms with Crippen LogP contribution in [0, 0.1) is 0 Å². The molecule has 0 spiro atoms. The summed E-state index contributed by atoms with van der Waals surface area (Å²) >= 11 is 0. The van der Waals surface area contributed by atoms with E-state index in [0.717, 1.165) is 6.42 Å². The van der Waals surface area contributed by atoms with Gasteiger partial charge in [-0.25, -0.2) is 0 Å². The lowest BCUT2D eigenvalue weighted by Crippen LogP contribution is -2.53. The monoisotopic (exact) mass is 346 g/mol. The van der Waals surface area contributed by atoms with Gasteiger partial charge in [-0.15, -0.1) is 0 Å². The van der Waals surface area contributed by atoms with Crippen molar-refractivity contribution in [2.75, 3.05) is 0 Å². The van der Waals surface area contributed by atoms with Crippen molar-refractivity contribution in [1.82, 2.24) is 10.2 Å². The van der Waals surface area contributed by atoms with E-state index in [1.165, 1.54) is 4.90 Å². The van der Waals surface area contributed by atoms with Crippen LogP contribution in [0.3, 0.4) is 0 Å². The van der Waals surface area contributed by atoms with Crippen molar-refractivity contribution in [3.8, 4) is 0 Å². The average molecular weight is 346 g/mol. The Morgan fingerprint density at radius 2 is 1.54 bits per heavy atom. The van der Waals surface area contributed by atoms with Crippen LogP contribution in [0.2, 0.25) is 0 Å². The zero-order valence-electron chi connectivity index (χ0n) is 14.1. The summed E-state index contributed by atoms with van der Waals surface area (Å²) in [5.41, 5.74) is 1.40. The van der Waals surface area contributed by atoms with Crippen LogP contribution in [0.15, 0.2) is 66.7 Å². The molecule has 1 aliphatic carbocycles. The molecule has 0 saturated carbocycles. The predicted octanol–water partition coefficient (Wildman–Crippen LogP) is 2.80. The molecule has 2 aromatic carbocycles. The molecule has 2 aromatic rings. The van der Waals surface area contributed by atoms with E-state index in [1.54, 1.807) is 48.5 Å². The Hall–Kier alpha value is -3.21. The average Bonchev–Trinajstić information content (AvgIpc) is 2.94. The fourth-order valence-corrected chi connectivity index (χ4v) is 3.56. The number of hydrogen-bond acceptors (Lipinski definition) is 3. The molecule has 0 saturated heterocycles. The van der Waals surface area contributed by atoms with Crippen molar-refractivity contribution in [2.24, 2.45) is 0 Å². The first-order valence-electron chi connectivity index (χ1n) is 8.66. The number of nitrogens with one attached hydrogen (secondary N) is 1. The number of nitrogens with zero attached hydrogens (tertiary/aromatic N) is 1. The van der Waals surface area contributed by atoms with Gasteiger partial charge in [0.15, 0.2) is 0 Å². The molecule has 1 N–H and O–H groups in total. The summed E-state index contributed by atoms with van der Waals surface area (Å²) in [6.45, 7) is 0. The molecular formula is C21H18N2O3. The normalized spacial score (nSPS) is 21.6. The van der Waals surface area contributed by atoms with Gasteiger partial charge in [-0.3, -0.25) is 19.3 Å². The van der Waals surface area contributed by atoms with Crippen molar-refractivity contribution < 1.29 is 14.4 Å². The van der Waals surface area contributed by atoms with Crippen LogP contribution in [-0.2, 0) is 0 Å². The number of imide groups is 1. The minimum Gasteiger partial charge on any atom is -0.347 e. The summed E-state index contributed by atoms with van der Waals surface area (Å²) in [6.07, 6.45) is 5.27. The summed E-state index contributed by atoms with van der Waals surface area (Å²) < 4.78 is 0. The molecule has 0 unspecified atom stereocenters. The first kappa shape index (κ1) is 16.3. The number of carbonyl (C=O) groups excluding carboxylic acids is 3. The first-order chi connectivity index (χ1) is 12.7. The van der Waals surface area contributed by atoms with Crippen LogP contribution in [0.4, 0.5) is 0 Å². The van der Waals surface area contributed by atoms with E-state index >= 15 is 0 Å². The van der Waals surface area contributed by atoms with E-state index in [-0.39, 0.29) is 23.8 Å². The number of amides is 3. The number of benzene rings is 2. The van der Waals surface area contributed by atoms with E-state index in [2.05, 4.69) is 5.32 Å². The van der Waals surface area contributed by atoms with Crippen LogP contribution in [0.5, 0.6) is 0 Å². The summed E-state index contributed by atoms with van der Waals surface area (Å²) in [7, 11) is 0. The second-order valence-electron chi connectivity index (χ2n) is 6.47. The lowest BCUT2D eigenvalue weighted by molar-refractivity contribution is 0.0568. The maximum absolute atomic E-state index is 12.8. The molecule has 0 aromatic heterocycles. The highest BCUT2D eigenvalue weighted by molar-refractivity contribution is 6.21. The van der Waals surface area contributed by atoms with Crippen LogP contribution in [0.1, 0.15) is 43.9 Å². The first-order valence-corrected chi connectivity index (χ1v) is 8.66. The topological polar surface area (TPSA) is 66.5 Å². The van der Waals surface area contributed by atoms with Crippen molar-refractivity contribution in [3.63, 3.8) is 0 Å². The van der Waals surface area contributed by atoms with Crippen LogP contribution in [-0.4, -0.2) is 34.7 Å². The van der Waals surface area contributed by atoms with Crippen LogP contribution in [0.25, 0.3) is 0 Å². The third-order valence-electron chi connectivity index (χ3n) is 4.87. The quantitative estimate of drug-likeness (QED) is 0.686. The van der Waals surface area contributed by atoms with E-state index in [1.807, 2.05) is 18.2 Å². The van der Waals surface area contributed by atoms with E-state index < -0.39 is 6.04 Å². The van der Waals surface area contributed by atoms with E-state index in [4.69, 9.17) is 0 Å². The van der Waals surface area contributed by atoms with Crippen molar-refractivity contribution in [3.05, 3.63) is 83.4 Å². The number of allylic oxidation sites excluding steroid dienone is 1. The molecule has 0 radical (unpaired) electrons. The summed E-state index contributed by atoms with van der Waals surface area (Å²) in [6, 6.07) is 15.0. The molecule has 26 heavy (non-hydrogen) atoms. The summed E-state index contributed by atoms with van der Waals surface area (Å²) in [4.78, 5) is 39.3. The van der Waals surface area contributed by atoms with Gasteiger partial charge in [-0.2, -0.15) is 0 Å². The number of carbonyl (C=O) groups is 3. The molecule has 3 amide bonds. The summed E-state index contributed by atoms with van der Waals surface area (Å²) in [5, 5.41) is 2.99. The third-order valence-corrected chi connectivity index (χ3v) is 4.87. The molecule has 4 rings (SSSR count). The van der Waals surface area contributed by atoms with E-state index in [0.29, 0.717) is 23.1 Å². The zero-order chi connectivity index (χ0) is 18.1. The third kappa shape index (κ3) is 2.71. The Bertz CT molecular complexity index is 869. The minimum atomic E-state index is -0.483. The van der Waals surface area contributed by atoms with Crippen molar-refractivity contribution in [2.45, 2.75) is 24.9 Å². The van der Waals surface area contributed by atoms with Gasteiger partial charge in [0.1, 0.15) is 0 Å². The fraction of sp³-hybridized carbons (Fsp3) is 0.190. The van der Waals surface area contributed by atoms with Gasteiger partial charge in [0, 0.05) is 5.56 Å². The second kappa shape index (κ2) is 6.59. The van der Waals surface area contributed by atoms with Gasteiger partial charge >= 0.3 is 0 Å². The van der Waals surface area contributed by atoms with Gasteiger partial charge in [-0.1, -0.05) is 42.5 Å². The number of fused-ring (bicyclic) bond motifs is 1. The second-order valence-corrected chi connectivity index (χ2v) is 6.47. The lowest BCUT2D eigenvalue weighted by atomic mass is 9.94. The molecular weight excluding hydrogens is 328 g/mol. The Kier molecular flexibility index (Phi) is 4.13. The van der Waals surface area contributed by atoms with E-state index in [9.17, 15) is 14.4 Å². The Morgan fingerprint density at radius 3 is 2.19 bits per heavy atom. The number of hydrogen-bond donors (Lipinski definition) is 1. The lowest BCUT2D eigenvalue weighted by Gasteiger charge is -2.34. The molecule has 0 bridgehead atoms. The number of rotatable bonds is 3. The van der Waals surface area contributed by atoms with Crippen LogP contribution >= 0.6 is 0 Å². The standard InChI is InChI=1S/C21H18N2O3/c24-19(14-8-2-1-3-9-14)22-17-12-6-7-13-18(17)23-20(25)15-10-4-5-11-16(15)21(23)26/h1-5,7-11,13,17-18H,6,12H2,(H,22,24)/t17-,18+/m0/s1. The molecule has 0 fully saturated rings.